The van der Waals surface area contributed by atoms with Crippen molar-refractivity contribution < 1.29 is 39.7 Å². The molecule has 1 fully saturated rings. The number of benzene rings is 1. The molecule has 6 N–H and O–H groups in total. The number of thiazole rings is 1. The number of nitrogen functional groups attached to an aromatic ring is 1. The summed E-state index contributed by atoms with van der Waals surface area (Å²) in [4.78, 5) is 15.4. The van der Waals surface area contributed by atoms with Crippen LogP contribution in [-0.2, 0) is 10.2 Å². The van der Waals surface area contributed by atoms with Crippen LogP contribution >= 0.6 is 11.3 Å². The molecule has 0 radical (unpaired) electrons. The van der Waals surface area contributed by atoms with E-state index in [1.807, 2.05) is 29.6 Å². The fourth-order valence-corrected chi connectivity index (χ4v) is 2.70. The van der Waals surface area contributed by atoms with Gasteiger partial charge in [0.2, 0.25) is 0 Å². The van der Waals surface area contributed by atoms with Gasteiger partial charge in [0, 0.05) is 10.9 Å². The van der Waals surface area contributed by atoms with Crippen molar-refractivity contribution in [3.05, 3.63) is 35.2 Å². The molecule has 2 aromatic rings. The number of nitrogens with zero attached hydrogens (tertiary/aromatic N) is 1. The second-order valence-corrected chi connectivity index (χ2v) is 5.43. The monoisotopic (exact) mass is 302 g/mol. The van der Waals surface area contributed by atoms with Crippen molar-refractivity contribution in [2.45, 2.75) is 18.3 Å². The molecule has 1 aromatic heterocycles. The maximum atomic E-state index is 11.2. The zero-order valence-corrected chi connectivity index (χ0v) is 12.4. The van der Waals surface area contributed by atoms with E-state index in [-0.39, 0.29) is 29.8 Å². The summed E-state index contributed by atoms with van der Waals surface area (Å²) in [5, 5.41) is 11.7. The fraction of sp³-hybridized carbons (Fsp3) is 0.231. The maximum absolute atomic E-state index is 11.2. The van der Waals surface area contributed by atoms with E-state index in [9.17, 15) is 9.90 Å². The molecule has 108 valence electrons. The van der Waals surface area contributed by atoms with E-state index in [1.165, 1.54) is 11.3 Å². The summed E-state index contributed by atoms with van der Waals surface area (Å²) in [6.45, 7) is 0. The molecule has 6 nitrogen and oxygen atoms in total. The number of hydrogen-bond donors (Lipinski definition) is 2. The van der Waals surface area contributed by atoms with Crippen LogP contribution in [0.15, 0.2) is 29.6 Å². The standard InChI is InChI=1S/C13H12N2O2S.Li.2H2O/c14-12-15-10(7-18-12)8-1-3-9(4-2-8)13(5-6-13)11(16)17;;;/h1-4,7H,5-6H2,(H2,14,15)(H,16,17);;2*1H2/q;+1;;/p-1. The molecule has 0 amide bonds. The van der Waals surface area contributed by atoms with Crippen molar-refractivity contribution in [2.75, 3.05) is 5.73 Å². The molecule has 1 saturated carbocycles. The molecule has 0 saturated heterocycles. The van der Waals surface area contributed by atoms with Crippen molar-refractivity contribution in [3.8, 4) is 11.3 Å². The van der Waals surface area contributed by atoms with E-state index < -0.39 is 11.4 Å². The molecule has 1 aliphatic rings. The maximum Gasteiger partial charge on any atom is 1.00 e. The van der Waals surface area contributed by atoms with E-state index in [0.717, 1.165) is 29.7 Å². The van der Waals surface area contributed by atoms with Crippen LogP contribution in [0.2, 0.25) is 0 Å². The Hall–Kier alpha value is -1.36. The summed E-state index contributed by atoms with van der Waals surface area (Å²) >= 11 is 1.40. The number of anilines is 1. The third kappa shape index (κ3) is 3.46. The van der Waals surface area contributed by atoms with Gasteiger partial charge in [0.15, 0.2) is 5.13 Å². The molecule has 1 aliphatic carbocycles. The normalized spacial score (nSPS) is 14.1. The summed E-state index contributed by atoms with van der Waals surface area (Å²) in [6.07, 6.45) is 1.46. The first kappa shape index (κ1) is 19.6. The van der Waals surface area contributed by atoms with Crippen molar-refractivity contribution >= 4 is 22.4 Å². The molecule has 1 heterocycles. The first-order valence-electron chi connectivity index (χ1n) is 5.67. The quantitative estimate of drug-likeness (QED) is 0.665. The Bertz CT molecular complexity index is 611. The van der Waals surface area contributed by atoms with E-state index in [0.29, 0.717) is 5.13 Å². The first-order chi connectivity index (χ1) is 8.62. The molecule has 0 unspecified atom stereocenters. The summed E-state index contributed by atoms with van der Waals surface area (Å²) in [5.41, 5.74) is 7.63. The van der Waals surface area contributed by atoms with Gasteiger partial charge in [-0.15, -0.1) is 11.3 Å². The summed E-state index contributed by atoms with van der Waals surface area (Å²) in [6, 6.07) is 7.58. The SMILES string of the molecule is Nc1nc(-c2ccc(C3(C(=O)O)CC3)cc2)cs1.O.[Li+].[OH-]. The predicted octanol–water partition coefficient (Wildman–Crippen LogP) is -1.49. The Kier molecular flexibility index (Phi) is 6.61. The minimum absolute atomic E-state index is 0. The Labute approximate surface area is 137 Å². The average Bonchev–Trinajstić information content (AvgIpc) is 3.07. The largest absolute Gasteiger partial charge is 1.00 e. The van der Waals surface area contributed by atoms with Crippen molar-refractivity contribution in [1.82, 2.24) is 4.98 Å². The molecule has 8 heteroatoms. The van der Waals surface area contributed by atoms with Crippen LogP contribution in [0.25, 0.3) is 11.3 Å². The van der Waals surface area contributed by atoms with E-state index >= 15 is 0 Å². The van der Waals surface area contributed by atoms with Crippen molar-refractivity contribution in [3.63, 3.8) is 0 Å². The molecule has 0 atom stereocenters. The van der Waals surface area contributed by atoms with Crippen LogP contribution in [0, 0.1) is 0 Å². The Morgan fingerprint density at radius 1 is 1.29 bits per heavy atom. The minimum Gasteiger partial charge on any atom is -0.870 e. The van der Waals surface area contributed by atoms with Crippen LogP contribution in [0.1, 0.15) is 18.4 Å². The second-order valence-electron chi connectivity index (χ2n) is 4.54. The Morgan fingerprint density at radius 2 is 1.86 bits per heavy atom. The van der Waals surface area contributed by atoms with Crippen LogP contribution in [-0.4, -0.2) is 27.0 Å². The molecule has 0 bridgehead atoms. The van der Waals surface area contributed by atoms with Gasteiger partial charge in [-0.3, -0.25) is 4.79 Å². The summed E-state index contributed by atoms with van der Waals surface area (Å²) in [5.74, 6) is -0.729. The molecule has 21 heavy (non-hydrogen) atoms. The number of rotatable bonds is 3. The number of hydrogen-bond acceptors (Lipinski definition) is 5. The summed E-state index contributed by atoms with van der Waals surface area (Å²) in [7, 11) is 0. The third-order valence-electron chi connectivity index (χ3n) is 3.41. The van der Waals surface area contributed by atoms with Crippen LogP contribution in [0.4, 0.5) is 5.13 Å². The molecule has 0 spiro atoms. The van der Waals surface area contributed by atoms with Crippen molar-refractivity contribution in [2.24, 2.45) is 0 Å². The smallest absolute Gasteiger partial charge is 0.870 e. The van der Waals surface area contributed by atoms with E-state index in [2.05, 4.69) is 4.98 Å². The zero-order valence-electron chi connectivity index (χ0n) is 11.5. The van der Waals surface area contributed by atoms with Gasteiger partial charge in [0.05, 0.1) is 11.1 Å². The molecule has 0 aliphatic heterocycles. The Balaban J connectivity index is 0.00000133. The number of carboxylic acid groups (broad SMARTS) is 1. The molecular formula is C13H15LiN2O4S. The van der Waals surface area contributed by atoms with Gasteiger partial charge < -0.3 is 21.8 Å². The van der Waals surface area contributed by atoms with E-state index in [4.69, 9.17) is 5.73 Å². The van der Waals surface area contributed by atoms with Gasteiger partial charge in [-0.05, 0) is 18.4 Å². The Morgan fingerprint density at radius 3 is 2.24 bits per heavy atom. The summed E-state index contributed by atoms with van der Waals surface area (Å²) < 4.78 is 0. The molecular weight excluding hydrogens is 287 g/mol. The van der Waals surface area contributed by atoms with Gasteiger partial charge in [0.1, 0.15) is 0 Å². The second kappa shape index (κ2) is 7.07. The topological polar surface area (TPSA) is 138 Å². The van der Waals surface area contributed by atoms with Crippen molar-refractivity contribution in [1.29, 1.82) is 0 Å². The van der Waals surface area contributed by atoms with Gasteiger partial charge >= 0.3 is 24.8 Å². The van der Waals surface area contributed by atoms with Gasteiger partial charge in [-0.2, -0.15) is 0 Å². The average molecular weight is 302 g/mol. The fourth-order valence-electron chi connectivity index (χ4n) is 2.13. The zero-order chi connectivity index (χ0) is 12.8. The number of aliphatic carboxylic acids is 1. The van der Waals surface area contributed by atoms with Gasteiger partial charge in [-0.1, -0.05) is 24.3 Å². The third-order valence-corrected chi connectivity index (χ3v) is 4.09. The number of carboxylic acids is 1. The predicted molar refractivity (Wildman–Crippen MR) is 76.1 cm³/mol. The van der Waals surface area contributed by atoms with Crippen LogP contribution < -0.4 is 24.6 Å². The molecule has 1 aromatic carbocycles. The first-order valence-corrected chi connectivity index (χ1v) is 6.55. The van der Waals surface area contributed by atoms with Gasteiger partial charge in [-0.25, -0.2) is 4.98 Å². The number of aromatic nitrogens is 1. The number of nitrogens with two attached hydrogens (primary N) is 1. The number of carbonyl (C=O) groups is 1. The van der Waals surface area contributed by atoms with E-state index in [1.54, 1.807) is 0 Å². The van der Waals surface area contributed by atoms with Crippen LogP contribution in [0.5, 0.6) is 0 Å². The minimum atomic E-state index is -0.729. The molecule has 3 rings (SSSR count). The van der Waals surface area contributed by atoms with Gasteiger partial charge in [0.25, 0.3) is 0 Å². The van der Waals surface area contributed by atoms with Crippen LogP contribution in [0.3, 0.4) is 0 Å².